The van der Waals surface area contributed by atoms with Crippen LogP contribution in [0.4, 0.5) is 0 Å². The summed E-state index contributed by atoms with van der Waals surface area (Å²) in [6.45, 7) is 1.96. The van der Waals surface area contributed by atoms with Crippen molar-refractivity contribution in [3.63, 3.8) is 0 Å². The van der Waals surface area contributed by atoms with Crippen molar-refractivity contribution in [1.29, 1.82) is 0 Å². The largest absolute Gasteiger partial charge is 0.479 e. The lowest BCUT2D eigenvalue weighted by Gasteiger charge is -2.14. The minimum Gasteiger partial charge on any atom is -0.479 e. The van der Waals surface area contributed by atoms with Crippen molar-refractivity contribution in [1.82, 2.24) is 0 Å². The Balaban J connectivity index is 2.70. The molecule has 0 aliphatic rings. The van der Waals surface area contributed by atoms with E-state index >= 15 is 0 Å². The van der Waals surface area contributed by atoms with E-state index < -0.39 is 27.9 Å². The van der Waals surface area contributed by atoms with Gasteiger partial charge in [-0.3, -0.25) is 4.55 Å². The molecule has 0 spiro atoms. The summed E-state index contributed by atoms with van der Waals surface area (Å²) in [5.74, 6) is -1.15. The number of ether oxygens (including phenoxy) is 1. The molecule has 0 saturated heterocycles. The van der Waals surface area contributed by atoms with E-state index in [0.29, 0.717) is 17.7 Å². The minimum absolute atomic E-state index is 0.354. The Labute approximate surface area is 118 Å². The molecule has 0 aliphatic carbocycles. The quantitative estimate of drug-likeness (QED) is 0.713. The maximum Gasteiger partial charge on any atom is 0.344 e. The zero-order valence-electron chi connectivity index (χ0n) is 11.2. The fraction of sp³-hybridized carbons (Fsp3) is 0.462. The van der Waals surface area contributed by atoms with Gasteiger partial charge in [-0.2, -0.15) is 8.42 Å². The van der Waals surface area contributed by atoms with E-state index in [-0.39, 0.29) is 0 Å². The summed E-state index contributed by atoms with van der Waals surface area (Å²) < 4.78 is 35.5. The number of hydrogen-bond donors (Lipinski definition) is 2. The first-order valence-electron chi connectivity index (χ1n) is 6.25. The minimum atomic E-state index is -4.07. The summed E-state index contributed by atoms with van der Waals surface area (Å²) >= 11 is 0. The molecule has 1 atom stereocenters. The van der Waals surface area contributed by atoms with Gasteiger partial charge in [-0.15, -0.1) is 0 Å². The molecule has 0 amide bonds. The zero-order chi connectivity index (χ0) is 15.2. The average molecular weight is 302 g/mol. The number of carboxylic acid groups (broad SMARTS) is 1. The number of carboxylic acids is 1. The first-order chi connectivity index (χ1) is 9.31. The Morgan fingerprint density at radius 2 is 1.90 bits per heavy atom. The van der Waals surface area contributed by atoms with Crippen LogP contribution in [0.3, 0.4) is 0 Å². The predicted octanol–water partition coefficient (Wildman–Crippen LogP) is 2.10. The van der Waals surface area contributed by atoms with Crippen molar-refractivity contribution >= 4 is 16.1 Å². The SMILES string of the molecule is CCCCC(Oc1ccc(CS(=O)(=O)O)cc1)C(=O)O. The van der Waals surface area contributed by atoms with Gasteiger partial charge in [0.05, 0.1) is 0 Å². The van der Waals surface area contributed by atoms with Gasteiger partial charge in [0.1, 0.15) is 11.5 Å². The van der Waals surface area contributed by atoms with E-state index in [2.05, 4.69) is 0 Å². The predicted molar refractivity (Wildman–Crippen MR) is 73.3 cm³/mol. The molecule has 0 aromatic heterocycles. The third-order valence-corrected chi connectivity index (χ3v) is 3.34. The fourth-order valence-corrected chi connectivity index (χ4v) is 2.28. The molecule has 20 heavy (non-hydrogen) atoms. The molecule has 112 valence electrons. The topological polar surface area (TPSA) is 101 Å². The van der Waals surface area contributed by atoms with E-state index in [1.54, 1.807) is 0 Å². The fourth-order valence-electron chi connectivity index (χ4n) is 1.66. The molecule has 1 aromatic carbocycles. The Kier molecular flexibility index (Phi) is 5.97. The van der Waals surface area contributed by atoms with Crippen molar-refractivity contribution in [2.75, 3.05) is 0 Å². The summed E-state index contributed by atoms with van der Waals surface area (Å²) in [4.78, 5) is 11.0. The molecule has 0 saturated carbocycles. The second-order valence-electron chi connectivity index (χ2n) is 4.46. The van der Waals surface area contributed by atoms with Crippen LogP contribution in [-0.2, 0) is 20.7 Å². The number of benzene rings is 1. The van der Waals surface area contributed by atoms with Crippen LogP contribution in [0.5, 0.6) is 5.75 Å². The highest BCUT2D eigenvalue weighted by molar-refractivity contribution is 7.85. The number of aliphatic carboxylic acids is 1. The number of hydrogen-bond acceptors (Lipinski definition) is 4. The second kappa shape index (κ2) is 7.25. The van der Waals surface area contributed by atoms with Crippen LogP contribution in [0.1, 0.15) is 31.7 Å². The lowest BCUT2D eigenvalue weighted by atomic mass is 10.1. The van der Waals surface area contributed by atoms with E-state index in [4.69, 9.17) is 14.4 Å². The number of rotatable bonds is 8. The highest BCUT2D eigenvalue weighted by Crippen LogP contribution is 2.17. The number of carbonyl (C=O) groups is 1. The van der Waals surface area contributed by atoms with E-state index in [0.717, 1.165) is 12.8 Å². The van der Waals surface area contributed by atoms with Crippen LogP contribution in [0.2, 0.25) is 0 Å². The van der Waals surface area contributed by atoms with Gasteiger partial charge in [0.25, 0.3) is 10.1 Å². The Morgan fingerprint density at radius 1 is 1.30 bits per heavy atom. The Hall–Kier alpha value is -1.60. The van der Waals surface area contributed by atoms with Crippen molar-refractivity contribution in [2.24, 2.45) is 0 Å². The van der Waals surface area contributed by atoms with Crippen molar-refractivity contribution in [2.45, 2.75) is 38.0 Å². The monoisotopic (exact) mass is 302 g/mol. The van der Waals surface area contributed by atoms with Crippen LogP contribution in [0.25, 0.3) is 0 Å². The zero-order valence-corrected chi connectivity index (χ0v) is 12.0. The Morgan fingerprint density at radius 3 is 2.35 bits per heavy atom. The highest BCUT2D eigenvalue weighted by atomic mass is 32.2. The maximum absolute atomic E-state index is 11.0. The molecule has 0 heterocycles. The molecule has 0 bridgehead atoms. The van der Waals surface area contributed by atoms with Gasteiger partial charge in [0, 0.05) is 0 Å². The third-order valence-electron chi connectivity index (χ3n) is 2.65. The maximum atomic E-state index is 11.0. The van der Waals surface area contributed by atoms with E-state index in [9.17, 15) is 13.2 Å². The molecule has 0 fully saturated rings. The van der Waals surface area contributed by atoms with Gasteiger partial charge in [0.15, 0.2) is 6.10 Å². The summed E-state index contributed by atoms with van der Waals surface area (Å²) in [5, 5.41) is 9.03. The molecule has 0 radical (unpaired) electrons. The molecule has 1 rings (SSSR count). The lowest BCUT2D eigenvalue weighted by Crippen LogP contribution is -2.26. The summed E-state index contributed by atoms with van der Waals surface area (Å²) in [5.41, 5.74) is 0.403. The van der Waals surface area contributed by atoms with Crippen molar-refractivity contribution in [3.05, 3.63) is 29.8 Å². The van der Waals surface area contributed by atoms with Crippen molar-refractivity contribution < 1.29 is 27.6 Å². The van der Waals surface area contributed by atoms with Gasteiger partial charge in [0.2, 0.25) is 0 Å². The van der Waals surface area contributed by atoms with E-state index in [1.165, 1.54) is 24.3 Å². The summed E-state index contributed by atoms with van der Waals surface area (Å²) in [6.07, 6.45) is 1.12. The normalized spacial score (nSPS) is 12.9. The van der Waals surface area contributed by atoms with Crippen LogP contribution in [0, 0.1) is 0 Å². The third kappa shape index (κ3) is 6.03. The second-order valence-corrected chi connectivity index (χ2v) is 5.91. The molecule has 6 nitrogen and oxygen atoms in total. The van der Waals surface area contributed by atoms with Gasteiger partial charge in [-0.05, 0) is 30.5 Å². The molecule has 0 aliphatic heterocycles. The average Bonchev–Trinajstić information content (AvgIpc) is 2.34. The summed E-state index contributed by atoms with van der Waals surface area (Å²) in [7, 11) is -4.07. The van der Waals surface area contributed by atoms with Crippen molar-refractivity contribution in [3.8, 4) is 5.75 Å². The van der Waals surface area contributed by atoms with Gasteiger partial charge in [-0.1, -0.05) is 25.5 Å². The smallest absolute Gasteiger partial charge is 0.344 e. The summed E-state index contributed by atoms with van der Waals surface area (Å²) in [6, 6.07) is 5.93. The van der Waals surface area contributed by atoms with Crippen LogP contribution in [-0.4, -0.2) is 30.2 Å². The molecular weight excluding hydrogens is 284 g/mol. The molecular formula is C13H18O6S. The first kappa shape index (κ1) is 16.5. The molecule has 1 unspecified atom stereocenters. The van der Waals surface area contributed by atoms with Gasteiger partial charge < -0.3 is 9.84 Å². The highest BCUT2D eigenvalue weighted by Gasteiger charge is 2.18. The Bertz CT molecular complexity index is 534. The van der Waals surface area contributed by atoms with E-state index in [1.807, 2.05) is 6.92 Å². The number of unbranched alkanes of at least 4 members (excludes halogenated alkanes) is 1. The van der Waals surface area contributed by atoms with Gasteiger partial charge in [-0.25, -0.2) is 4.79 Å². The lowest BCUT2D eigenvalue weighted by molar-refractivity contribution is -0.145. The van der Waals surface area contributed by atoms with Crippen LogP contribution >= 0.6 is 0 Å². The molecule has 1 aromatic rings. The molecule has 2 N–H and O–H groups in total. The molecule has 7 heteroatoms. The standard InChI is InChI=1S/C13H18O6S/c1-2-3-4-12(13(14)15)19-11-7-5-10(6-8-11)9-20(16,17)18/h5-8,12H,2-4,9H2,1H3,(H,14,15)(H,16,17,18). The first-order valence-corrected chi connectivity index (χ1v) is 7.86. The van der Waals surface area contributed by atoms with Crippen LogP contribution < -0.4 is 4.74 Å². The van der Waals surface area contributed by atoms with Crippen LogP contribution in [0.15, 0.2) is 24.3 Å². The van der Waals surface area contributed by atoms with Gasteiger partial charge >= 0.3 is 5.97 Å².